The highest BCUT2D eigenvalue weighted by atomic mass is 35.5. The van der Waals surface area contributed by atoms with Gasteiger partial charge in [0.2, 0.25) is 13.6 Å². The second-order valence-electron chi connectivity index (χ2n) is 5.75. The number of amides is 1. The molecule has 0 saturated heterocycles. The minimum atomic E-state index is -0.332. The minimum Gasteiger partial charge on any atom is -0.454 e. The van der Waals surface area contributed by atoms with Crippen LogP contribution in [0.25, 0.3) is 11.3 Å². The average molecular weight is 403 g/mol. The van der Waals surface area contributed by atoms with E-state index in [1.807, 2.05) is 23.6 Å². The summed E-state index contributed by atoms with van der Waals surface area (Å²) in [5, 5.41) is 5.44. The third kappa shape index (κ3) is 2.92. The summed E-state index contributed by atoms with van der Waals surface area (Å²) < 4.78 is 21.2. The van der Waals surface area contributed by atoms with Gasteiger partial charge >= 0.3 is 0 Å². The van der Waals surface area contributed by atoms with Gasteiger partial charge in [-0.2, -0.15) is 0 Å². The Kier molecular flexibility index (Phi) is 3.80. The van der Waals surface area contributed by atoms with Crippen LogP contribution < -0.4 is 24.3 Å². The van der Waals surface area contributed by atoms with Crippen LogP contribution in [-0.2, 0) is 0 Å². The lowest BCUT2D eigenvalue weighted by atomic mass is 10.1. The largest absolute Gasteiger partial charge is 0.454 e. The number of rotatable bonds is 3. The normalized spacial score (nSPS) is 13.7. The molecule has 0 fully saturated rings. The molecule has 0 atom stereocenters. The van der Waals surface area contributed by atoms with Crippen molar-refractivity contribution in [2.24, 2.45) is 0 Å². The first-order valence-electron chi connectivity index (χ1n) is 7.93. The number of halogens is 1. The van der Waals surface area contributed by atoms with Gasteiger partial charge in [0.1, 0.15) is 0 Å². The first-order valence-corrected chi connectivity index (χ1v) is 9.19. The van der Waals surface area contributed by atoms with Crippen LogP contribution >= 0.6 is 22.9 Å². The van der Waals surface area contributed by atoms with E-state index in [4.69, 9.17) is 30.5 Å². The Morgan fingerprint density at radius 2 is 1.85 bits per heavy atom. The third-order valence-electron chi connectivity index (χ3n) is 4.08. The fraction of sp³-hybridized carbons (Fsp3) is 0.111. The summed E-state index contributed by atoms with van der Waals surface area (Å²) in [6.45, 7) is 0.306. The SMILES string of the molecule is O=C(Nc1nc(-c2ccc3c(c2)OCO3)cs1)c1cc(Cl)c2c(c1)OCO2. The van der Waals surface area contributed by atoms with Crippen molar-refractivity contribution in [2.75, 3.05) is 18.9 Å². The van der Waals surface area contributed by atoms with E-state index in [0.717, 1.165) is 11.3 Å². The fourth-order valence-electron chi connectivity index (χ4n) is 2.79. The van der Waals surface area contributed by atoms with Gasteiger partial charge in [0, 0.05) is 16.5 Å². The van der Waals surface area contributed by atoms with Gasteiger partial charge < -0.3 is 18.9 Å². The molecular weight excluding hydrogens is 392 g/mol. The Morgan fingerprint density at radius 1 is 1.04 bits per heavy atom. The summed E-state index contributed by atoms with van der Waals surface area (Å²) in [6.07, 6.45) is 0. The standard InChI is InChI=1S/C18H11ClN2O5S/c19-11-3-10(5-15-16(11)26-8-25-15)17(22)21-18-20-12(6-27-18)9-1-2-13-14(4-9)24-7-23-13/h1-6H,7-8H2,(H,20,21,22). The molecule has 0 bridgehead atoms. The molecule has 0 aliphatic carbocycles. The molecule has 1 N–H and O–H groups in total. The summed E-state index contributed by atoms with van der Waals surface area (Å²) >= 11 is 7.46. The van der Waals surface area contributed by atoms with Crippen LogP contribution in [0.5, 0.6) is 23.0 Å². The maximum absolute atomic E-state index is 12.5. The molecule has 3 heterocycles. The number of hydrogen-bond donors (Lipinski definition) is 1. The van der Waals surface area contributed by atoms with Crippen molar-refractivity contribution in [1.82, 2.24) is 4.98 Å². The number of carbonyl (C=O) groups excluding carboxylic acids is 1. The smallest absolute Gasteiger partial charge is 0.257 e. The number of benzene rings is 2. The predicted octanol–water partition coefficient (Wildman–Crippen LogP) is 4.17. The van der Waals surface area contributed by atoms with Crippen molar-refractivity contribution in [3.8, 4) is 34.3 Å². The van der Waals surface area contributed by atoms with Crippen LogP contribution in [0.1, 0.15) is 10.4 Å². The number of aromatic nitrogens is 1. The monoisotopic (exact) mass is 402 g/mol. The van der Waals surface area contributed by atoms with Gasteiger partial charge in [-0.15, -0.1) is 11.3 Å². The maximum atomic E-state index is 12.5. The summed E-state index contributed by atoms with van der Waals surface area (Å²) in [5.41, 5.74) is 1.98. The van der Waals surface area contributed by atoms with E-state index in [1.54, 1.807) is 6.07 Å². The first kappa shape index (κ1) is 16.2. The predicted molar refractivity (Wildman–Crippen MR) is 99.2 cm³/mol. The zero-order valence-corrected chi connectivity index (χ0v) is 15.2. The van der Waals surface area contributed by atoms with Crippen molar-refractivity contribution in [3.05, 3.63) is 46.3 Å². The molecular formula is C18H11ClN2O5S. The van der Waals surface area contributed by atoms with Crippen molar-refractivity contribution in [2.45, 2.75) is 0 Å². The molecule has 136 valence electrons. The van der Waals surface area contributed by atoms with E-state index in [1.165, 1.54) is 17.4 Å². The van der Waals surface area contributed by atoms with Crippen molar-refractivity contribution in [3.63, 3.8) is 0 Å². The molecule has 0 saturated carbocycles. The Morgan fingerprint density at radius 3 is 2.78 bits per heavy atom. The lowest BCUT2D eigenvalue weighted by molar-refractivity contribution is 0.102. The molecule has 2 aliphatic rings. The van der Waals surface area contributed by atoms with Gasteiger partial charge in [-0.05, 0) is 30.3 Å². The van der Waals surface area contributed by atoms with E-state index in [9.17, 15) is 4.79 Å². The van der Waals surface area contributed by atoms with E-state index >= 15 is 0 Å². The van der Waals surface area contributed by atoms with Crippen LogP contribution in [0.15, 0.2) is 35.7 Å². The summed E-state index contributed by atoms with van der Waals surface area (Å²) in [5.74, 6) is 1.96. The number of hydrogen-bond acceptors (Lipinski definition) is 7. The van der Waals surface area contributed by atoms with E-state index in [2.05, 4.69) is 10.3 Å². The lowest BCUT2D eigenvalue weighted by Gasteiger charge is -2.05. The highest BCUT2D eigenvalue weighted by Crippen LogP contribution is 2.40. The highest BCUT2D eigenvalue weighted by molar-refractivity contribution is 7.14. The Balaban J connectivity index is 1.36. The Hall–Kier alpha value is -2.97. The number of nitrogens with zero attached hydrogens (tertiary/aromatic N) is 1. The zero-order valence-electron chi connectivity index (χ0n) is 13.7. The van der Waals surface area contributed by atoms with Crippen LogP contribution in [-0.4, -0.2) is 24.5 Å². The second kappa shape index (κ2) is 6.33. The van der Waals surface area contributed by atoms with Gasteiger partial charge in [0.05, 0.1) is 10.7 Å². The van der Waals surface area contributed by atoms with Crippen molar-refractivity contribution >= 4 is 34.0 Å². The quantitative estimate of drug-likeness (QED) is 0.708. The molecule has 1 aromatic heterocycles. The summed E-state index contributed by atoms with van der Waals surface area (Å²) in [7, 11) is 0. The Bertz CT molecular complexity index is 1070. The molecule has 5 rings (SSSR count). The molecule has 1 amide bonds. The van der Waals surface area contributed by atoms with Crippen LogP contribution in [0.4, 0.5) is 5.13 Å². The first-order chi connectivity index (χ1) is 13.2. The number of nitrogens with one attached hydrogen (secondary N) is 1. The van der Waals surface area contributed by atoms with Crippen LogP contribution in [0, 0.1) is 0 Å². The average Bonchev–Trinajstić information content (AvgIpc) is 3.41. The summed E-state index contributed by atoms with van der Waals surface area (Å²) in [6, 6.07) is 8.73. The van der Waals surface area contributed by atoms with Gasteiger partial charge in [0.25, 0.3) is 5.91 Å². The van der Waals surface area contributed by atoms with Crippen molar-refractivity contribution in [1.29, 1.82) is 0 Å². The number of ether oxygens (including phenoxy) is 4. The maximum Gasteiger partial charge on any atom is 0.257 e. The van der Waals surface area contributed by atoms with Gasteiger partial charge in [-0.25, -0.2) is 4.98 Å². The van der Waals surface area contributed by atoms with Gasteiger partial charge in [0.15, 0.2) is 28.1 Å². The number of fused-ring (bicyclic) bond motifs is 2. The molecule has 9 heteroatoms. The van der Waals surface area contributed by atoms with Crippen molar-refractivity contribution < 1.29 is 23.7 Å². The van der Waals surface area contributed by atoms with Gasteiger partial charge in [-0.1, -0.05) is 11.6 Å². The molecule has 27 heavy (non-hydrogen) atoms. The number of thiazole rings is 1. The van der Waals surface area contributed by atoms with E-state index in [-0.39, 0.29) is 19.5 Å². The lowest BCUT2D eigenvalue weighted by Crippen LogP contribution is -2.11. The van der Waals surface area contributed by atoms with E-state index in [0.29, 0.717) is 38.7 Å². The van der Waals surface area contributed by atoms with Crippen LogP contribution in [0.3, 0.4) is 0 Å². The third-order valence-corrected chi connectivity index (χ3v) is 5.12. The molecule has 7 nitrogen and oxygen atoms in total. The molecule has 0 radical (unpaired) electrons. The number of anilines is 1. The van der Waals surface area contributed by atoms with E-state index < -0.39 is 0 Å². The molecule has 2 aromatic carbocycles. The van der Waals surface area contributed by atoms with Crippen LogP contribution in [0.2, 0.25) is 5.02 Å². The molecule has 3 aromatic rings. The highest BCUT2D eigenvalue weighted by Gasteiger charge is 2.21. The second-order valence-corrected chi connectivity index (χ2v) is 7.02. The molecule has 0 spiro atoms. The Labute approximate surface area is 162 Å². The molecule has 2 aliphatic heterocycles. The zero-order chi connectivity index (χ0) is 18.4. The minimum absolute atomic E-state index is 0.0888. The molecule has 0 unspecified atom stereocenters. The fourth-order valence-corrected chi connectivity index (χ4v) is 3.77. The van der Waals surface area contributed by atoms with Gasteiger partial charge in [-0.3, -0.25) is 10.1 Å². The topological polar surface area (TPSA) is 78.9 Å². The number of carbonyl (C=O) groups is 1. The summed E-state index contributed by atoms with van der Waals surface area (Å²) in [4.78, 5) is 17.0.